The van der Waals surface area contributed by atoms with Gasteiger partial charge in [0.15, 0.2) is 0 Å². The Morgan fingerprint density at radius 1 is 1.10 bits per heavy atom. The van der Waals surface area contributed by atoms with Gasteiger partial charge in [0.2, 0.25) is 5.88 Å². The third-order valence-corrected chi connectivity index (χ3v) is 4.04. The maximum Gasteiger partial charge on any atom is 0.496 e. The van der Waals surface area contributed by atoms with E-state index in [1.54, 1.807) is 6.20 Å². The lowest BCUT2D eigenvalue weighted by molar-refractivity contribution is 0.00578. The average Bonchev–Trinajstić information content (AvgIpc) is 2.45. The lowest BCUT2D eigenvalue weighted by atomic mass is 9.77. The van der Waals surface area contributed by atoms with Crippen LogP contribution in [0.3, 0.4) is 0 Å². The zero-order valence-electron chi connectivity index (χ0n) is 14.4. The molecule has 0 amide bonds. The van der Waals surface area contributed by atoms with Crippen molar-refractivity contribution in [2.45, 2.75) is 72.2 Å². The van der Waals surface area contributed by atoms with Gasteiger partial charge in [0.25, 0.3) is 0 Å². The molecule has 0 N–H and O–H groups in total. The van der Waals surface area contributed by atoms with E-state index in [0.29, 0.717) is 5.88 Å². The van der Waals surface area contributed by atoms with Crippen molar-refractivity contribution >= 4 is 12.6 Å². The molecule has 0 radical (unpaired) electrons. The van der Waals surface area contributed by atoms with Gasteiger partial charge in [-0.3, -0.25) is 0 Å². The number of pyridine rings is 1. The Morgan fingerprint density at radius 3 is 2.05 bits per heavy atom. The highest BCUT2D eigenvalue weighted by atomic mass is 16.7. The summed E-state index contributed by atoms with van der Waals surface area (Å²) in [6, 6.07) is 1.94. The van der Waals surface area contributed by atoms with Gasteiger partial charge in [0.1, 0.15) is 5.60 Å². The van der Waals surface area contributed by atoms with Crippen LogP contribution in [0.25, 0.3) is 0 Å². The minimum Gasteiger partial charge on any atom is -0.472 e. The highest BCUT2D eigenvalue weighted by Gasteiger charge is 2.52. The number of aromatic nitrogens is 1. The van der Waals surface area contributed by atoms with Crippen LogP contribution in [0.2, 0.25) is 0 Å². The van der Waals surface area contributed by atoms with Crippen LogP contribution in [-0.4, -0.2) is 28.9 Å². The van der Waals surface area contributed by atoms with Crippen molar-refractivity contribution in [3.05, 3.63) is 17.8 Å². The third kappa shape index (κ3) is 3.41. The first-order valence-corrected chi connectivity index (χ1v) is 7.42. The Hall–Kier alpha value is -1.07. The summed E-state index contributed by atoms with van der Waals surface area (Å²) in [7, 11) is -0.383. The second-order valence-electron chi connectivity index (χ2n) is 7.68. The first kappa shape index (κ1) is 16.3. The molecule has 1 saturated heterocycles. The molecule has 1 aromatic rings. The molecule has 0 saturated carbocycles. The molecule has 1 fully saturated rings. The largest absolute Gasteiger partial charge is 0.496 e. The van der Waals surface area contributed by atoms with Crippen molar-refractivity contribution in [2.75, 3.05) is 0 Å². The molecule has 5 heteroatoms. The standard InChI is InChI=1S/C16H26BNO3/c1-11-9-13(19-14(2,3)4)18-10-12(11)17-20-15(5,6)16(7,8)21-17/h9-10H,1-8H3. The number of hydrogen-bond acceptors (Lipinski definition) is 4. The van der Waals surface area contributed by atoms with Crippen LogP contribution in [0.5, 0.6) is 5.88 Å². The van der Waals surface area contributed by atoms with Gasteiger partial charge in [-0.1, -0.05) is 0 Å². The first-order chi connectivity index (χ1) is 9.41. The molecule has 0 atom stereocenters. The van der Waals surface area contributed by atoms with Crippen molar-refractivity contribution < 1.29 is 14.0 Å². The quantitative estimate of drug-likeness (QED) is 0.786. The van der Waals surface area contributed by atoms with Crippen LogP contribution in [0, 0.1) is 6.92 Å². The van der Waals surface area contributed by atoms with Crippen LogP contribution in [-0.2, 0) is 9.31 Å². The van der Waals surface area contributed by atoms with Crippen LogP contribution in [0.15, 0.2) is 12.3 Å². The van der Waals surface area contributed by atoms with Gasteiger partial charge in [-0.05, 0) is 61.0 Å². The maximum atomic E-state index is 6.07. The van der Waals surface area contributed by atoms with E-state index in [4.69, 9.17) is 14.0 Å². The topological polar surface area (TPSA) is 40.6 Å². The molecular weight excluding hydrogens is 265 g/mol. The van der Waals surface area contributed by atoms with Crippen LogP contribution < -0.4 is 10.2 Å². The molecule has 0 aromatic carbocycles. The Balaban J connectivity index is 2.23. The van der Waals surface area contributed by atoms with Crippen molar-refractivity contribution in [3.8, 4) is 5.88 Å². The van der Waals surface area contributed by atoms with E-state index < -0.39 is 0 Å². The molecule has 2 rings (SSSR count). The smallest absolute Gasteiger partial charge is 0.472 e. The summed E-state index contributed by atoms with van der Waals surface area (Å²) in [6.07, 6.45) is 1.79. The summed E-state index contributed by atoms with van der Waals surface area (Å²) in [5.41, 5.74) is 1.07. The summed E-state index contributed by atoms with van der Waals surface area (Å²) in [4.78, 5) is 4.38. The van der Waals surface area contributed by atoms with Gasteiger partial charge in [-0.2, -0.15) is 0 Å². The number of nitrogens with zero attached hydrogens (tertiary/aromatic N) is 1. The Morgan fingerprint density at radius 2 is 1.62 bits per heavy atom. The summed E-state index contributed by atoms with van der Waals surface area (Å²) in [5.74, 6) is 0.625. The summed E-state index contributed by atoms with van der Waals surface area (Å²) < 4.78 is 17.9. The summed E-state index contributed by atoms with van der Waals surface area (Å²) in [6.45, 7) is 16.2. The van der Waals surface area contributed by atoms with Crippen LogP contribution >= 0.6 is 0 Å². The molecule has 0 unspecified atom stereocenters. The Bertz CT molecular complexity index is 519. The number of hydrogen-bond donors (Lipinski definition) is 0. The number of ether oxygens (including phenoxy) is 1. The Labute approximate surface area is 128 Å². The molecular formula is C16H26BNO3. The fraction of sp³-hybridized carbons (Fsp3) is 0.688. The zero-order chi connectivity index (χ0) is 16.1. The normalized spacial score (nSPS) is 20.7. The van der Waals surface area contributed by atoms with Crippen molar-refractivity contribution in [3.63, 3.8) is 0 Å². The van der Waals surface area contributed by atoms with Crippen LogP contribution in [0.4, 0.5) is 0 Å². The van der Waals surface area contributed by atoms with E-state index in [9.17, 15) is 0 Å². The lowest BCUT2D eigenvalue weighted by Crippen LogP contribution is -2.41. The maximum absolute atomic E-state index is 6.07. The number of rotatable bonds is 2. The molecule has 1 aliphatic heterocycles. The zero-order valence-corrected chi connectivity index (χ0v) is 14.4. The van der Waals surface area contributed by atoms with Crippen molar-refractivity contribution in [1.82, 2.24) is 4.98 Å². The highest BCUT2D eigenvalue weighted by molar-refractivity contribution is 6.62. The van der Waals surface area contributed by atoms with Crippen molar-refractivity contribution in [1.29, 1.82) is 0 Å². The molecule has 0 aliphatic carbocycles. The molecule has 21 heavy (non-hydrogen) atoms. The fourth-order valence-corrected chi connectivity index (χ4v) is 2.13. The van der Waals surface area contributed by atoms with E-state index >= 15 is 0 Å². The van der Waals surface area contributed by atoms with E-state index in [1.807, 2.05) is 61.5 Å². The molecule has 116 valence electrons. The molecule has 1 aliphatic rings. The summed E-state index contributed by atoms with van der Waals surface area (Å²) >= 11 is 0. The van der Waals surface area contributed by atoms with Gasteiger partial charge >= 0.3 is 7.12 Å². The van der Waals surface area contributed by atoms with E-state index in [1.165, 1.54) is 0 Å². The van der Waals surface area contributed by atoms with Gasteiger partial charge in [-0.15, -0.1) is 0 Å². The average molecular weight is 291 g/mol. The SMILES string of the molecule is Cc1cc(OC(C)(C)C)ncc1B1OC(C)(C)C(C)(C)O1. The van der Waals surface area contributed by atoms with E-state index in [-0.39, 0.29) is 23.9 Å². The minimum atomic E-state index is -0.383. The van der Waals surface area contributed by atoms with Crippen LogP contribution in [0.1, 0.15) is 54.0 Å². The molecule has 2 heterocycles. The van der Waals surface area contributed by atoms with Gasteiger partial charge < -0.3 is 14.0 Å². The predicted molar refractivity (Wildman–Crippen MR) is 85.1 cm³/mol. The lowest BCUT2D eigenvalue weighted by Gasteiger charge is -2.32. The second-order valence-corrected chi connectivity index (χ2v) is 7.68. The first-order valence-electron chi connectivity index (χ1n) is 7.42. The van der Waals surface area contributed by atoms with E-state index in [2.05, 4.69) is 4.98 Å². The highest BCUT2D eigenvalue weighted by Crippen LogP contribution is 2.36. The molecule has 4 nitrogen and oxygen atoms in total. The van der Waals surface area contributed by atoms with Gasteiger partial charge in [0, 0.05) is 17.7 Å². The minimum absolute atomic E-state index is 0.259. The summed E-state index contributed by atoms with van der Waals surface area (Å²) in [5, 5.41) is 0. The van der Waals surface area contributed by atoms with Gasteiger partial charge in [0.05, 0.1) is 11.2 Å². The molecule has 1 aromatic heterocycles. The van der Waals surface area contributed by atoms with E-state index in [0.717, 1.165) is 11.0 Å². The monoisotopic (exact) mass is 291 g/mol. The number of aryl methyl sites for hydroxylation is 1. The predicted octanol–water partition coefficient (Wildman–Crippen LogP) is 2.87. The molecule has 0 spiro atoms. The second kappa shape index (κ2) is 4.99. The van der Waals surface area contributed by atoms with Crippen molar-refractivity contribution in [2.24, 2.45) is 0 Å². The fourth-order valence-electron chi connectivity index (χ4n) is 2.13. The molecule has 0 bridgehead atoms. The Kier molecular flexibility index (Phi) is 3.88. The third-order valence-electron chi connectivity index (χ3n) is 4.04. The van der Waals surface area contributed by atoms with Gasteiger partial charge in [-0.25, -0.2) is 4.98 Å².